The summed E-state index contributed by atoms with van der Waals surface area (Å²) in [6.07, 6.45) is 3.84. The van der Waals surface area contributed by atoms with Gasteiger partial charge in [-0.05, 0) is 33.2 Å². The molecule has 8 heteroatoms. The average Bonchev–Trinajstić information content (AvgIpc) is 3.07. The normalized spacial score (nSPS) is 18.9. The molecule has 0 saturated carbocycles. The predicted octanol–water partition coefficient (Wildman–Crippen LogP) is 1.78. The van der Waals surface area contributed by atoms with Crippen LogP contribution in [0.25, 0.3) is 0 Å². The minimum absolute atomic E-state index is 0.0252. The fraction of sp³-hybridized carbons (Fsp3) is 0.625. The zero-order valence-electron chi connectivity index (χ0n) is 14.4. The van der Waals surface area contributed by atoms with E-state index >= 15 is 0 Å². The summed E-state index contributed by atoms with van der Waals surface area (Å²) in [6.45, 7) is 6.84. The van der Waals surface area contributed by atoms with Gasteiger partial charge < -0.3 is 4.90 Å². The lowest BCUT2D eigenvalue weighted by atomic mass is 10.1. The van der Waals surface area contributed by atoms with Gasteiger partial charge in [0.1, 0.15) is 10.5 Å². The third kappa shape index (κ3) is 3.81. The van der Waals surface area contributed by atoms with Gasteiger partial charge >= 0.3 is 0 Å². The van der Waals surface area contributed by atoms with Crippen LogP contribution in [0.5, 0.6) is 0 Å². The van der Waals surface area contributed by atoms with Crippen molar-refractivity contribution >= 4 is 17.0 Å². The van der Waals surface area contributed by atoms with Crippen LogP contribution in [0.1, 0.15) is 37.7 Å². The number of hydrogen-bond donors (Lipinski definition) is 0. The molecule has 0 spiro atoms. The van der Waals surface area contributed by atoms with E-state index in [0.717, 1.165) is 43.2 Å². The van der Waals surface area contributed by atoms with Gasteiger partial charge in [0.15, 0.2) is 0 Å². The number of likely N-dealkylation sites (tertiary alicyclic amines) is 1. The van der Waals surface area contributed by atoms with Gasteiger partial charge in [-0.2, -0.15) is 5.10 Å². The van der Waals surface area contributed by atoms with Crippen LogP contribution < -0.4 is 10.5 Å². The first kappa shape index (κ1) is 17.0. The topological polar surface area (TPSA) is 67.2 Å². The predicted molar refractivity (Wildman–Crippen MR) is 95.5 cm³/mol. The van der Waals surface area contributed by atoms with E-state index in [2.05, 4.69) is 38.9 Å². The molecule has 0 bridgehead atoms. The molecule has 2 aromatic rings. The van der Waals surface area contributed by atoms with Crippen molar-refractivity contribution in [3.05, 3.63) is 33.1 Å². The third-order valence-electron chi connectivity index (χ3n) is 4.58. The fourth-order valence-electron chi connectivity index (χ4n) is 3.00. The molecule has 0 radical (unpaired) electrons. The van der Waals surface area contributed by atoms with E-state index in [4.69, 9.17) is 0 Å². The van der Waals surface area contributed by atoms with Crippen molar-refractivity contribution in [3.63, 3.8) is 0 Å². The maximum atomic E-state index is 12.5. The molecule has 1 aliphatic rings. The van der Waals surface area contributed by atoms with Gasteiger partial charge in [-0.3, -0.25) is 9.69 Å². The second-order valence-corrected chi connectivity index (χ2v) is 7.48. The summed E-state index contributed by atoms with van der Waals surface area (Å²) in [4.78, 5) is 16.9. The van der Waals surface area contributed by atoms with Crippen LogP contribution in [-0.4, -0.2) is 51.1 Å². The standard InChI is InChI=1S/C16H24N6OS/c1-12(2)20(3)14-7-16(23)22(18-8-14)13-5-4-6-21(9-13)10-15-19-17-11-24-15/h7-8,11-13H,4-6,9-10H2,1-3H3. The van der Waals surface area contributed by atoms with Gasteiger partial charge in [0.05, 0.1) is 24.5 Å². The summed E-state index contributed by atoms with van der Waals surface area (Å²) < 4.78 is 1.64. The molecule has 2 aromatic heterocycles. The number of nitrogens with zero attached hydrogens (tertiary/aromatic N) is 6. The minimum atomic E-state index is -0.0252. The molecule has 1 saturated heterocycles. The molecular weight excluding hydrogens is 324 g/mol. The van der Waals surface area contributed by atoms with E-state index in [9.17, 15) is 4.79 Å². The van der Waals surface area contributed by atoms with E-state index in [1.807, 2.05) is 7.05 Å². The van der Waals surface area contributed by atoms with Gasteiger partial charge in [0.25, 0.3) is 5.56 Å². The number of rotatable bonds is 5. The van der Waals surface area contributed by atoms with Gasteiger partial charge in [0.2, 0.25) is 0 Å². The maximum absolute atomic E-state index is 12.5. The molecule has 3 rings (SSSR count). The van der Waals surface area contributed by atoms with Crippen molar-refractivity contribution in [3.8, 4) is 0 Å². The van der Waals surface area contributed by atoms with Crippen molar-refractivity contribution < 1.29 is 0 Å². The second kappa shape index (κ2) is 7.40. The van der Waals surface area contributed by atoms with Gasteiger partial charge in [0, 0.05) is 25.7 Å². The molecule has 1 atom stereocenters. The summed E-state index contributed by atoms with van der Waals surface area (Å²) in [5.41, 5.74) is 2.60. The number of piperidine rings is 1. The summed E-state index contributed by atoms with van der Waals surface area (Å²) in [5, 5.41) is 13.5. The van der Waals surface area contributed by atoms with Crippen LogP contribution >= 0.6 is 11.3 Å². The summed E-state index contributed by atoms with van der Waals surface area (Å²) in [6, 6.07) is 2.15. The van der Waals surface area contributed by atoms with Gasteiger partial charge in [-0.15, -0.1) is 21.5 Å². The van der Waals surface area contributed by atoms with Crippen LogP contribution in [-0.2, 0) is 6.54 Å². The first-order valence-corrected chi connectivity index (χ1v) is 9.21. The van der Waals surface area contributed by atoms with E-state index in [0.29, 0.717) is 6.04 Å². The Morgan fingerprint density at radius 2 is 2.29 bits per heavy atom. The molecule has 3 heterocycles. The van der Waals surface area contributed by atoms with Crippen LogP contribution in [0.3, 0.4) is 0 Å². The zero-order chi connectivity index (χ0) is 17.1. The highest BCUT2D eigenvalue weighted by molar-refractivity contribution is 7.09. The fourth-order valence-corrected chi connectivity index (χ4v) is 3.57. The van der Waals surface area contributed by atoms with Crippen molar-refractivity contribution in [1.29, 1.82) is 0 Å². The van der Waals surface area contributed by atoms with E-state index < -0.39 is 0 Å². The van der Waals surface area contributed by atoms with Crippen LogP contribution in [0.2, 0.25) is 0 Å². The molecular formula is C16H24N6OS. The minimum Gasteiger partial charge on any atom is -0.371 e. The molecule has 0 N–H and O–H groups in total. The number of anilines is 1. The Morgan fingerprint density at radius 3 is 2.96 bits per heavy atom. The first-order chi connectivity index (χ1) is 11.5. The highest BCUT2D eigenvalue weighted by Gasteiger charge is 2.24. The third-order valence-corrected chi connectivity index (χ3v) is 5.27. The molecule has 24 heavy (non-hydrogen) atoms. The van der Waals surface area contributed by atoms with Crippen molar-refractivity contribution in [2.24, 2.45) is 0 Å². The lowest BCUT2D eigenvalue weighted by Crippen LogP contribution is -2.40. The monoisotopic (exact) mass is 348 g/mol. The molecule has 130 valence electrons. The highest BCUT2D eigenvalue weighted by Crippen LogP contribution is 2.22. The summed E-state index contributed by atoms with van der Waals surface area (Å²) in [7, 11) is 1.98. The Kier molecular flexibility index (Phi) is 5.25. The summed E-state index contributed by atoms with van der Waals surface area (Å²) >= 11 is 1.57. The van der Waals surface area contributed by atoms with Crippen LogP contribution in [0, 0.1) is 0 Å². The Morgan fingerprint density at radius 1 is 1.46 bits per heavy atom. The van der Waals surface area contributed by atoms with Crippen LogP contribution in [0.15, 0.2) is 22.6 Å². The van der Waals surface area contributed by atoms with E-state index in [1.165, 1.54) is 0 Å². The van der Waals surface area contributed by atoms with E-state index in [1.54, 1.807) is 33.8 Å². The SMILES string of the molecule is CC(C)N(C)c1cnn(C2CCCN(Cc3nncs3)C2)c(=O)c1. The highest BCUT2D eigenvalue weighted by atomic mass is 32.1. The molecule has 0 aliphatic carbocycles. The molecule has 7 nitrogen and oxygen atoms in total. The van der Waals surface area contributed by atoms with Crippen molar-refractivity contribution in [1.82, 2.24) is 24.9 Å². The molecule has 0 amide bonds. The second-order valence-electron chi connectivity index (χ2n) is 6.56. The molecule has 0 aromatic carbocycles. The quantitative estimate of drug-likeness (QED) is 0.820. The van der Waals surface area contributed by atoms with E-state index in [-0.39, 0.29) is 11.6 Å². The lowest BCUT2D eigenvalue weighted by molar-refractivity contribution is 0.159. The lowest BCUT2D eigenvalue weighted by Gasteiger charge is -2.32. The molecule has 1 aliphatic heterocycles. The smallest absolute Gasteiger partial charge is 0.269 e. The number of aromatic nitrogens is 4. The molecule has 1 fully saturated rings. The zero-order valence-corrected chi connectivity index (χ0v) is 15.2. The Labute approximate surface area is 145 Å². The van der Waals surface area contributed by atoms with Crippen LogP contribution in [0.4, 0.5) is 5.69 Å². The van der Waals surface area contributed by atoms with Gasteiger partial charge in [-0.25, -0.2) is 4.68 Å². The first-order valence-electron chi connectivity index (χ1n) is 8.33. The molecule has 1 unspecified atom stereocenters. The average molecular weight is 348 g/mol. The summed E-state index contributed by atoms with van der Waals surface area (Å²) in [5.74, 6) is 0. The Balaban J connectivity index is 1.72. The number of hydrogen-bond acceptors (Lipinski definition) is 7. The Bertz CT molecular complexity index is 714. The van der Waals surface area contributed by atoms with Crippen molar-refractivity contribution in [2.45, 2.75) is 45.3 Å². The van der Waals surface area contributed by atoms with Gasteiger partial charge in [-0.1, -0.05) is 0 Å². The van der Waals surface area contributed by atoms with Crippen molar-refractivity contribution in [2.75, 3.05) is 25.0 Å². The maximum Gasteiger partial charge on any atom is 0.269 e. The Hall–Kier alpha value is -1.80. The largest absolute Gasteiger partial charge is 0.371 e.